The average molecular weight is 445 g/mol. The van der Waals surface area contributed by atoms with E-state index >= 15 is 0 Å². The first kappa shape index (κ1) is 22.3. The first-order valence-corrected chi connectivity index (χ1v) is 11.3. The lowest BCUT2D eigenvalue weighted by Gasteiger charge is -2.21. The predicted molar refractivity (Wildman–Crippen MR) is 120 cm³/mol. The predicted octanol–water partition coefficient (Wildman–Crippen LogP) is 5.57. The molecule has 1 unspecified atom stereocenters. The summed E-state index contributed by atoms with van der Waals surface area (Å²) < 4.78 is 34.5. The summed E-state index contributed by atoms with van der Waals surface area (Å²) in [4.78, 5) is 4.22. The van der Waals surface area contributed by atoms with Crippen LogP contribution in [-0.4, -0.2) is 20.5 Å². The Morgan fingerprint density at radius 1 is 1.00 bits per heavy atom. The van der Waals surface area contributed by atoms with Crippen LogP contribution in [0.3, 0.4) is 0 Å². The van der Waals surface area contributed by atoms with Gasteiger partial charge in [-0.15, -0.1) is 0 Å². The number of anilines is 1. The third-order valence-corrected chi connectivity index (χ3v) is 6.43. The van der Waals surface area contributed by atoms with Gasteiger partial charge in [0.2, 0.25) is 0 Å². The van der Waals surface area contributed by atoms with Crippen LogP contribution in [0.1, 0.15) is 43.6 Å². The van der Waals surface area contributed by atoms with Gasteiger partial charge in [-0.3, -0.25) is 9.71 Å². The second-order valence-corrected chi connectivity index (χ2v) is 10.1. The minimum Gasteiger partial charge on any atom is -0.372 e. The zero-order valence-electron chi connectivity index (χ0n) is 17.4. The molecule has 158 valence electrons. The molecular formula is C23H25ClN2O3S. The molecule has 3 aromatic rings. The van der Waals surface area contributed by atoms with E-state index in [0.29, 0.717) is 16.3 Å². The summed E-state index contributed by atoms with van der Waals surface area (Å²) in [6, 6.07) is 15.5. The third-order valence-electron chi connectivity index (χ3n) is 4.82. The van der Waals surface area contributed by atoms with E-state index in [9.17, 15) is 8.42 Å². The molecule has 2 aromatic carbocycles. The molecule has 1 aromatic heterocycles. The van der Waals surface area contributed by atoms with E-state index in [-0.39, 0.29) is 10.3 Å². The Labute approximate surface area is 183 Å². The summed E-state index contributed by atoms with van der Waals surface area (Å²) in [5.41, 5.74) is 2.86. The van der Waals surface area contributed by atoms with Crippen LogP contribution in [0.15, 0.2) is 71.9 Å². The van der Waals surface area contributed by atoms with Crippen LogP contribution in [0.25, 0.3) is 0 Å². The van der Waals surface area contributed by atoms with Gasteiger partial charge >= 0.3 is 0 Å². The fourth-order valence-electron chi connectivity index (χ4n) is 3.16. The molecule has 0 radical (unpaired) electrons. The minimum atomic E-state index is -3.80. The number of nitrogens with one attached hydrogen (secondary N) is 1. The summed E-state index contributed by atoms with van der Waals surface area (Å²) in [6.07, 6.45) is 2.81. The van der Waals surface area contributed by atoms with E-state index in [1.807, 2.05) is 24.3 Å². The van der Waals surface area contributed by atoms with E-state index < -0.39 is 16.1 Å². The van der Waals surface area contributed by atoms with Crippen molar-refractivity contribution in [3.05, 3.63) is 88.7 Å². The fraction of sp³-hybridized carbons (Fsp3) is 0.261. The van der Waals surface area contributed by atoms with E-state index in [1.165, 1.54) is 0 Å². The number of halogens is 1. The number of benzene rings is 2. The third kappa shape index (κ3) is 5.01. The van der Waals surface area contributed by atoms with Gasteiger partial charge in [0.05, 0.1) is 10.6 Å². The summed E-state index contributed by atoms with van der Waals surface area (Å²) >= 11 is 6.21. The second kappa shape index (κ2) is 8.76. The van der Waals surface area contributed by atoms with Gasteiger partial charge in [0.25, 0.3) is 10.0 Å². The maximum Gasteiger partial charge on any atom is 0.261 e. The highest BCUT2D eigenvalue weighted by molar-refractivity contribution is 7.92. The average Bonchev–Trinajstić information content (AvgIpc) is 2.71. The highest BCUT2D eigenvalue weighted by Crippen LogP contribution is 2.34. The van der Waals surface area contributed by atoms with Gasteiger partial charge in [-0.05, 0) is 59.0 Å². The zero-order chi connectivity index (χ0) is 21.9. The van der Waals surface area contributed by atoms with E-state index in [1.54, 1.807) is 49.8 Å². The first-order valence-electron chi connectivity index (χ1n) is 9.47. The van der Waals surface area contributed by atoms with Gasteiger partial charge in [-0.1, -0.05) is 44.5 Å². The van der Waals surface area contributed by atoms with Gasteiger partial charge in [0.1, 0.15) is 6.10 Å². The number of rotatable bonds is 6. The first-order chi connectivity index (χ1) is 14.1. The molecule has 1 atom stereocenters. The Kier molecular flexibility index (Phi) is 6.50. The van der Waals surface area contributed by atoms with E-state index in [4.69, 9.17) is 16.3 Å². The molecule has 1 N–H and O–H groups in total. The van der Waals surface area contributed by atoms with E-state index in [2.05, 4.69) is 30.5 Å². The summed E-state index contributed by atoms with van der Waals surface area (Å²) in [5.74, 6) is 0. The number of aromatic nitrogens is 1. The molecule has 0 aliphatic rings. The molecule has 0 aliphatic heterocycles. The van der Waals surface area contributed by atoms with Crippen molar-refractivity contribution in [1.29, 1.82) is 0 Å². The lowest BCUT2D eigenvalue weighted by molar-refractivity contribution is 0.137. The quantitative estimate of drug-likeness (QED) is 0.539. The van der Waals surface area contributed by atoms with Crippen molar-refractivity contribution >= 4 is 27.3 Å². The number of hydrogen-bond donors (Lipinski definition) is 1. The standard InChI is InChI=1S/C23H25ClN2O3S/c1-23(2,3)17-5-8-19(9-6-17)30(27,28)26-21-10-7-18(24)15-20(21)22(29-4)16-11-13-25-14-12-16/h5-15,22,26H,1-4H3. The molecule has 0 saturated heterocycles. The normalized spacial score (nSPS) is 13.1. The van der Waals surface area contributed by atoms with Crippen molar-refractivity contribution in [2.75, 3.05) is 11.8 Å². The van der Waals surface area contributed by atoms with Crippen LogP contribution in [0, 0.1) is 0 Å². The maximum absolute atomic E-state index is 13.1. The second-order valence-electron chi connectivity index (χ2n) is 8.01. The molecule has 0 bridgehead atoms. The topological polar surface area (TPSA) is 68.3 Å². The molecule has 0 aliphatic carbocycles. The molecule has 1 heterocycles. The van der Waals surface area contributed by atoms with Crippen LogP contribution in [0.5, 0.6) is 0 Å². The molecule has 5 nitrogen and oxygen atoms in total. The molecule has 7 heteroatoms. The van der Waals surface area contributed by atoms with E-state index in [0.717, 1.165) is 11.1 Å². The molecule has 30 heavy (non-hydrogen) atoms. The molecule has 0 spiro atoms. The molecule has 3 rings (SSSR count). The number of hydrogen-bond acceptors (Lipinski definition) is 4. The van der Waals surface area contributed by atoms with Crippen molar-refractivity contribution < 1.29 is 13.2 Å². The van der Waals surface area contributed by atoms with Crippen molar-refractivity contribution in [3.63, 3.8) is 0 Å². The Balaban J connectivity index is 1.98. The zero-order valence-corrected chi connectivity index (χ0v) is 19.0. The number of methoxy groups -OCH3 is 1. The highest BCUT2D eigenvalue weighted by Gasteiger charge is 2.22. The van der Waals surface area contributed by atoms with Crippen LogP contribution in [0.2, 0.25) is 5.02 Å². The number of nitrogens with zero attached hydrogens (tertiary/aromatic N) is 1. The van der Waals surface area contributed by atoms with Gasteiger partial charge in [0.15, 0.2) is 0 Å². The lowest BCUT2D eigenvalue weighted by atomic mass is 9.87. The monoisotopic (exact) mass is 444 g/mol. The van der Waals surface area contributed by atoms with Gasteiger partial charge < -0.3 is 4.74 Å². The van der Waals surface area contributed by atoms with Crippen molar-refractivity contribution in [1.82, 2.24) is 4.98 Å². The van der Waals surface area contributed by atoms with Crippen LogP contribution in [-0.2, 0) is 20.2 Å². The Bertz CT molecular complexity index is 1110. The van der Waals surface area contributed by atoms with Crippen molar-refractivity contribution in [2.45, 2.75) is 37.2 Å². The number of sulfonamides is 1. The summed E-state index contributed by atoms with van der Waals surface area (Å²) in [6.45, 7) is 6.25. The summed E-state index contributed by atoms with van der Waals surface area (Å²) in [5, 5.41) is 0.485. The van der Waals surface area contributed by atoms with Crippen LogP contribution in [0.4, 0.5) is 5.69 Å². The Hall–Kier alpha value is -2.41. The van der Waals surface area contributed by atoms with Crippen LogP contribution >= 0.6 is 11.6 Å². The molecular weight excluding hydrogens is 420 g/mol. The maximum atomic E-state index is 13.1. The van der Waals surface area contributed by atoms with Crippen molar-refractivity contribution in [2.24, 2.45) is 0 Å². The van der Waals surface area contributed by atoms with Gasteiger partial charge in [0, 0.05) is 30.1 Å². The Morgan fingerprint density at radius 2 is 1.63 bits per heavy atom. The molecule has 0 saturated carbocycles. The summed E-state index contributed by atoms with van der Waals surface area (Å²) in [7, 11) is -2.23. The molecule has 0 fully saturated rings. The van der Waals surface area contributed by atoms with Crippen LogP contribution < -0.4 is 4.72 Å². The Morgan fingerprint density at radius 3 is 2.20 bits per heavy atom. The number of ether oxygens (including phenoxy) is 1. The minimum absolute atomic E-state index is 0.0602. The van der Waals surface area contributed by atoms with Gasteiger partial charge in [-0.25, -0.2) is 8.42 Å². The SMILES string of the molecule is COC(c1ccncc1)c1cc(Cl)ccc1NS(=O)(=O)c1ccc(C(C)(C)C)cc1. The smallest absolute Gasteiger partial charge is 0.261 e. The van der Waals surface area contributed by atoms with Gasteiger partial charge in [-0.2, -0.15) is 0 Å². The number of pyridine rings is 1. The largest absolute Gasteiger partial charge is 0.372 e. The lowest BCUT2D eigenvalue weighted by Crippen LogP contribution is -2.17. The fourth-order valence-corrected chi connectivity index (χ4v) is 4.43. The van der Waals surface area contributed by atoms with Crippen molar-refractivity contribution in [3.8, 4) is 0 Å². The highest BCUT2D eigenvalue weighted by atomic mass is 35.5. The molecule has 0 amide bonds.